The number of rotatable bonds is 1. The van der Waals surface area contributed by atoms with Crippen LogP contribution in [0.2, 0.25) is 0 Å². The van der Waals surface area contributed by atoms with Crippen LogP contribution in [0.15, 0.2) is 67.0 Å². The maximum absolute atomic E-state index is 6.47. The van der Waals surface area contributed by atoms with Crippen LogP contribution in [-0.2, 0) is 6.42 Å². The Balaban J connectivity index is 1.76. The van der Waals surface area contributed by atoms with Gasteiger partial charge in [-0.2, -0.15) is 0 Å². The lowest BCUT2D eigenvalue weighted by Crippen LogP contribution is -2.16. The molecule has 3 heteroatoms. The number of nitrogens with zero attached hydrogens (tertiary/aromatic N) is 2. The summed E-state index contributed by atoms with van der Waals surface area (Å²) in [6.07, 6.45) is 5.53. The third-order valence-electron chi connectivity index (χ3n) is 4.77. The van der Waals surface area contributed by atoms with Crippen molar-refractivity contribution in [1.29, 1.82) is 0 Å². The number of hydrogen-bond donors (Lipinski definition) is 0. The van der Waals surface area contributed by atoms with Crippen molar-refractivity contribution in [3.05, 3.63) is 78.1 Å². The van der Waals surface area contributed by atoms with Gasteiger partial charge in [-0.15, -0.1) is 0 Å². The van der Waals surface area contributed by atoms with Crippen LogP contribution in [-0.4, -0.2) is 9.97 Å². The predicted molar refractivity (Wildman–Crippen MR) is 95.2 cm³/mol. The molecule has 0 amide bonds. The summed E-state index contributed by atoms with van der Waals surface area (Å²) in [7, 11) is 0. The first-order valence-corrected chi connectivity index (χ1v) is 8.28. The third-order valence-corrected chi connectivity index (χ3v) is 4.77. The van der Waals surface area contributed by atoms with Crippen molar-refractivity contribution in [3.63, 3.8) is 0 Å². The summed E-state index contributed by atoms with van der Waals surface area (Å²) in [6.45, 7) is 0. The average molecular weight is 312 g/mol. The Morgan fingerprint density at radius 1 is 0.792 bits per heavy atom. The van der Waals surface area contributed by atoms with Crippen LogP contribution in [0.4, 0.5) is 0 Å². The van der Waals surface area contributed by atoms with E-state index in [-0.39, 0.29) is 6.10 Å². The molecule has 0 aliphatic carbocycles. The molecule has 116 valence electrons. The number of ether oxygens (including phenoxy) is 1. The summed E-state index contributed by atoms with van der Waals surface area (Å²) in [5, 5.41) is 2.23. The Morgan fingerprint density at radius 2 is 1.50 bits per heavy atom. The van der Waals surface area contributed by atoms with E-state index in [2.05, 4.69) is 52.4 Å². The number of aromatic nitrogens is 2. The summed E-state index contributed by atoms with van der Waals surface area (Å²) in [5.41, 5.74) is 4.35. The Labute approximate surface area is 139 Å². The zero-order valence-electron chi connectivity index (χ0n) is 13.1. The Morgan fingerprint density at radius 3 is 2.33 bits per heavy atom. The highest BCUT2D eigenvalue weighted by molar-refractivity contribution is 6.09. The Hall–Kier alpha value is -2.94. The molecule has 4 aromatic rings. The lowest BCUT2D eigenvalue weighted by molar-refractivity contribution is 0.180. The predicted octanol–water partition coefficient (Wildman–Crippen LogP) is 4.85. The van der Waals surface area contributed by atoms with Gasteiger partial charge in [0.1, 0.15) is 11.9 Å². The van der Waals surface area contributed by atoms with Crippen LogP contribution in [0.25, 0.3) is 21.8 Å². The van der Waals surface area contributed by atoms with E-state index < -0.39 is 0 Å². The second kappa shape index (κ2) is 5.31. The van der Waals surface area contributed by atoms with Crippen molar-refractivity contribution < 1.29 is 4.74 Å². The van der Waals surface area contributed by atoms with E-state index in [1.807, 2.05) is 12.1 Å². The lowest BCUT2D eigenvalue weighted by atomic mass is 9.93. The van der Waals surface area contributed by atoms with E-state index in [9.17, 15) is 0 Å². The first-order valence-electron chi connectivity index (χ1n) is 8.28. The summed E-state index contributed by atoms with van der Waals surface area (Å²) in [5.74, 6) is 0.971. The van der Waals surface area contributed by atoms with Gasteiger partial charge in [0, 0.05) is 28.7 Å². The standard InChI is InChI=1S/C21H16N2O/c1-2-6-14(7-3-1)18-11-10-17-20-19(22-12-13-23-20)15-8-4-5-9-16(15)21(17)24-18/h1-9,12-13,18H,10-11H2. The minimum atomic E-state index is 0.0937. The molecule has 1 aliphatic rings. The van der Waals surface area contributed by atoms with E-state index in [1.54, 1.807) is 12.4 Å². The quantitative estimate of drug-likeness (QED) is 0.471. The van der Waals surface area contributed by atoms with E-state index in [0.29, 0.717) is 0 Å². The van der Waals surface area contributed by atoms with Crippen molar-refractivity contribution in [1.82, 2.24) is 9.97 Å². The highest BCUT2D eigenvalue weighted by Gasteiger charge is 2.26. The molecule has 0 saturated heterocycles. The number of aryl methyl sites for hydroxylation is 1. The fourth-order valence-electron chi connectivity index (χ4n) is 3.66. The van der Waals surface area contributed by atoms with Crippen molar-refractivity contribution in [3.8, 4) is 5.75 Å². The van der Waals surface area contributed by atoms with Crippen LogP contribution in [0.5, 0.6) is 5.75 Å². The maximum Gasteiger partial charge on any atom is 0.133 e. The molecular formula is C21H16N2O. The molecule has 1 atom stereocenters. The molecular weight excluding hydrogens is 296 g/mol. The van der Waals surface area contributed by atoms with Gasteiger partial charge in [0.25, 0.3) is 0 Å². The molecule has 24 heavy (non-hydrogen) atoms. The van der Waals surface area contributed by atoms with Gasteiger partial charge in [0.05, 0.1) is 11.0 Å². The molecule has 3 aromatic carbocycles. The Bertz CT molecular complexity index is 1040. The smallest absolute Gasteiger partial charge is 0.133 e. The second-order valence-corrected chi connectivity index (χ2v) is 6.16. The van der Waals surface area contributed by atoms with Gasteiger partial charge in [0.2, 0.25) is 0 Å². The zero-order valence-corrected chi connectivity index (χ0v) is 13.1. The third kappa shape index (κ3) is 1.98. The van der Waals surface area contributed by atoms with Gasteiger partial charge in [-0.05, 0) is 18.4 Å². The summed E-state index contributed by atoms with van der Waals surface area (Å²) < 4.78 is 6.47. The molecule has 2 heterocycles. The highest BCUT2D eigenvalue weighted by Crippen LogP contribution is 2.43. The van der Waals surface area contributed by atoms with Crippen LogP contribution in [0.3, 0.4) is 0 Å². The van der Waals surface area contributed by atoms with Gasteiger partial charge < -0.3 is 4.74 Å². The molecule has 5 rings (SSSR count). The fourth-order valence-corrected chi connectivity index (χ4v) is 3.66. The van der Waals surface area contributed by atoms with Gasteiger partial charge in [-0.3, -0.25) is 9.97 Å². The number of hydrogen-bond acceptors (Lipinski definition) is 3. The summed E-state index contributed by atoms with van der Waals surface area (Å²) in [4.78, 5) is 9.18. The van der Waals surface area contributed by atoms with Gasteiger partial charge in [-0.1, -0.05) is 54.6 Å². The van der Waals surface area contributed by atoms with E-state index in [1.165, 1.54) is 11.1 Å². The molecule has 0 saturated carbocycles. The summed E-state index contributed by atoms with van der Waals surface area (Å²) >= 11 is 0. The minimum absolute atomic E-state index is 0.0937. The zero-order chi connectivity index (χ0) is 15.9. The first kappa shape index (κ1) is 13.5. The topological polar surface area (TPSA) is 35.0 Å². The van der Waals surface area contributed by atoms with E-state index in [0.717, 1.165) is 40.4 Å². The average Bonchev–Trinajstić information content (AvgIpc) is 2.68. The van der Waals surface area contributed by atoms with Crippen molar-refractivity contribution in [2.45, 2.75) is 18.9 Å². The fraction of sp³-hybridized carbons (Fsp3) is 0.143. The number of fused-ring (bicyclic) bond motifs is 6. The largest absolute Gasteiger partial charge is 0.485 e. The van der Waals surface area contributed by atoms with E-state index in [4.69, 9.17) is 4.74 Å². The van der Waals surface area contributed by atoms with Crippen molar-refractivity contribution in [2.24, 2.45) is 0 Å². The molecule has 1 aromatic heterocycles. The van der Waals surface area contributed by atoms with Crippen LogP contribution >= 0.6 is 0 Å². The van der Waals surface area contributed by atoms with Crippen LogP contribution < -0.4 is 4.74 Å². The van der Waals surface area contributed by atoms with Gasteiger partial charge in [0.15, 0.2) is 0 Å². The molecule has 0 spiro atoms. The number of benzene rings is 3. The van der Waals surface area contributed by atoms with Crippen molar-refractivity contribution in [2.75, 3.05) is 0 Å². The SMILES string of the molecule is c1ccc(C2CCc3c(c4ccccc4c4nccnc34)O2)cc1. The van der Waals surface area contributed by atoms with Crippen molar-refractivity contribution >= 4 is 21.8 Å². The molecule has 1 unspecified atom stereocenters. The monoisotopic (exact) mass is 312 g/mol. The van der Waals surface area contributed by atoms with Crippen LogP contribution in [0.1, 0.15) is 23.7 Å². The minimum Gasteiger partial charge on any atom is -0.485 e. The molecule has 0 N–H and O–H groups in total. The Kier molecular flexibility index (Phi) is 2.98. The van der Waals surface area contributed by atoms with Gasteiger partial charge in [-0.25, -0.2) is 0 Å². The van der Waals surface area contributed by atoms with Crippen LogP contribution in [0, 0.1) is 0 Å². The normalized spacial score (nSPS) is 16.8. The second-order valence-electron chi connectivity index (χ2n) is 6.16. The highest BCUT2D eigenvalue weighted by atomic mass is 16.5. The molecule has 0 fully saturated rings. The summed E-state index contributed by atoms with van der Waals surface area (Å²) in [6, 6.07) is 18.8. The molecule has 1 aliphatic heterocycles. The van der Waals surface area contributed by atoms with Gasteiger partial charge >= 0.3 is 0 Å². The molecule has 0 bridgehead atoms. The maximum atomic E-state index is 6.47. The lowest BCUT2D eigenvalue weighted by Gasteiger charge is -2.28. The first-order chi connectivity index (χ1) is 11.9. The molecule has 0 radical (unpaired) electrons. The molecule has 3 nitrogen and oxygen atoms in total. The van der Waals surface area contributed by atoms with E-state index >= 15 is 0 Å².